The Morgan fingerprint density at radius 3 is 2.68 bits per heavy atom. The van der Waals surface area contributed by atoms with Crippen molar-refractivity contribution in [2.24, 2.45) is 5.92 Å². The highest BCUT2D eigenvalue weighted by molar-refractivity contribution is 5.78. The number of hydrogen-bond acceptors (Lipinski definition) is 3. The summed E-state index contributed by atoms with van der Waals surface area (Å²) in [6, 6.07) is 9.58. The molecule has 1 aromatic rings. The molecule has 0 saturated carbocycles. The molecule has 0 bridgehead atoms. The Hall–Kier alpha value is -1.61. The molecule has 3 atom stereocenters. The van der Waals surface area contributed by atoms with Gasteiger partial charge in [0.1, 0.15) is 0 Å². The van der Waals surface area contributed by atoms with Crippen molar-refractivity contribution < 1.29 is 14.3 Å². The summed E-state index contributed by atoms with van der Waals surface area (Å²) >= 11 is 0. The van der Waals surface area contributed by atoms with Crippen molar-refractivity contribution in [3.05, 3.63) is 48.0 Å². The third-order valence-electron chi connectivity index (χ3n) is 4.16. The molecule has 1 heterocycles. The van der Waals surface area contributed by atoms with Gasteiger partial charge in [0.15, 0.2) is 6.10 Å². The maximum Gasteiger partial charge on any atom is 0.342 e. The second-order valence-corrected chi connectivity index (χ2v) is 5.75. The van der Waals surface area contributed by atoms with E-state index in [1.54, 1.807) is 0 Å². The summed E-state index contributed by atoms with van der Waals surface area (Å²) < 4.78 is 11.4. The molecular weight excluding hydrogens is 276 g/mol. The number of ether oxygens (including phenoxy) is 2. The topological polar surface area (TPSA) is 35.5 Å². The Labute approximate surface area is 133 Å². The first-order chi connectivity index (χ1) is 10.8. The number of unbranched alkanes of at least 4 members (excludes halogenated alkanes) is 2. The summed E-state index contributed by atoms with van der Waals surface area (Å²) in [5.41, 5.74) is 0.873. The quantitative estimate of drug-likeness (QED) is 0.393. The molecule has 22 heavy (non-hydrogen) atoms. The van der Waals surface area contributed by atoms with E-state index in [4.69, 9.17) is 9.47 Å². The smallest absolute Gasteiger partial charge is 0.342 e. The molecule has 0 amide bonds. The van der Waals surface area contributed by atoms with Crippen LogP contribution in [0.1, 0.15) is 57.6 Å². The van der Waals surface area contributed by atoms with Gasteiger partial charge >= 0.3 is 5.97 Å². The second kappa shape index (κ2) is 8.74. The maximum atomic E-state index is 12.1. The molecule has 120 valence electrons. The monoisotopic (exact) mass is 302 g/mol. The average Bonchev–Trinajstić information content (AvgIpc) is 2.93. The van der Waals surface area contributed by atoms with Gasteiger partial charge in [-0.3, -0.25) is 0 Å². The van der Waals surface area contributed by atoms with Crippen LogP contribution in [-0.2, 0) is 14.3 Å². The lowest BCUT2D eigenvalue weighted by Gasteiger charge is -2.20. The predicted octanol–water partition coefficient (Wildman–Crippen LogP) is 4.79. The van der Waals surface area contributed by atoms with Crippen LogP contribution >= 0.6 is 0 Å². The Kier molecular flexibility index (Phi) is 6.66. The van der Waals surface area contributed by atoms with E-state index in [-0.39, 0.29) is 11.9 Å². The highest BCUT2D eigenvalue weighted by Crippen LogP contribution is 2.33. The summed E-state index contributed by atoms with van der Waals surface area (Å²) in [4.78, 5) is 12.1. The summed E-state index contributed by atoms with van der Waals surface area (Å²) in [7, 11) is 0. The zero-order valence-corrected chi connectivity index (χ0v) is 13.5. The first-order valence-electron chi connectivity index (χ1n) is 8.28. The van der Waals surface area contributed by atoms with Crippen molar-refractivity contribution in [2.75, 3.05) is 0 Å². The number of carbonyl (C=O) groups excluding carboxylic acids is 1. The summed E-state index contributed by atoms with van der Waals surface area (Å²) in [6.07, 6.45) is 8.73. The van der Waals surface area contributed by atoms with E-state index in [0.29, 0.717) is 0 Å². The van der Waals surface area contributed by atoms with E-state index >= 15 is 0 Å². The molecule has 3 nitrogen and oxygen atoms in total. The fraction of sp³-hybridized carbons (Fsp3) is 0.526. The SMILES string of the molecule is C/C=C/CCCCC(CC)C1OC(=O)C(c2ccccc2)O1. The lowest BCUT2D eigenvalue weighted by atomic mass is 9.98. The third-order valence-corrected chi connectivity index (χ3v) is 4.16. The minimum atomic E-state index is -0.566. The van der Waals surface area contributed by atoms with Gasteiger partial charge < -0.3 is 9.47 Å². The zero-order valence-electron chi connectivity index (χ0n) is 13.5. The van der Waals surface area contributed by atoms with Crippen LogP contribution in [0.5, 0.6) is 0 Å². The molecule has 0 radical (unpaired) electrons. The van der Waals surface area contributed by atoms with Gasteiger partial charge in [-0.05, 0) is 38.2 Å². The standard InChI is InChI=1S/C19H26O3/c1-3-5-6-7-9-12-15(4-2)19-21-17(18(20)22-19)16-13-10-8-11-14-16/h3,5,8,10-11,13-15,17,19H,4,6-7,9,12H2,1-2H3/b5-3+. The molecule has 1 aliphatic rings. The van der Waals surface area contributed by atoms with Crippen molar-refractivity contribution in [3.8, 4) is 0 Å². The molecule has 1 saturated heterocycles. The van der Waals surface area contributed by atoms with Crippen molar-refractivity contribution >= 4 is 5.97 Å². The largest absolute Gasteiger partial charge is 0.433 e. The number of benzene rings is 1. The van der Waals surface area contributed by atoms with Crippen molar-refractivity contribution in [2.45, 2.75) is 58.3 Å². The minimum absolute atomic E-state index is 0.261. The Balaban J connectivity index is 1.87. The van der Waals surface area contributed by atoms with Crippen LogP contribution in [-0.4, -0.2) is 12.3 Å². The normalized spacial score (nSPS) is 22.9. The summed E-state index contributed by atoms with van der Waals surface area (Å²) in [6.45, 7) is 4.17. The van der Waals surface area contributed by atoms with Crippen LogP contribution in [0.25, 0.3) is 0 Å². The van der Waals surface area contributed by atoms with Crippen LogP contribution in [0, 0.1) is 5.92 Å². The first kappa shape index (κ1) is 16.8. The van der Waals surface area contributed by atoms with Crippen LogP contribution in [0.4, 0.5) is 0 Å². The number of carbonyl (C=O) groups is 1. The van der Waals surface area contributed by atoms with E-state index in [0.717, 1.165) is 31.2 Å². The van der Waals surface area contributed by atoms with Crippen LogP contribution in [0.15, 0.2) is 42.5 Å². The maximum absolute atomic E-state index is 12.1. The van der Waals surface area contributed by atoms with Crippen molar-refractivity contribution in [1.29, 1.82) is 0 Å². The molecule has 3 unspecified atom stereocenters. The number of esters is 1. The highest BCUT2D eigenvalue weighted by atomic mass is 16.8. The number of cyclic esters (lactones) is 1. The van der Waals surface area contributed by atoms with Crippen molar-refractivity contribution in [1.82, 2.24) is 0 Å². The van der Waals surface area contributed by atoms with Crippen LogP contribution in [0.3, 0.4) is 0 Å². The van der Waals surface area contributed by atoms with E-state index in [1.165, 1.54) is 6.42 Å². The summed E-state index contributed by atoms with van der Waals surface area (Å²) in [5.74, 6) is 0.0202. The zero-order chi connectivity index (χ0) is 15.8. The van der Waals surface area contributed by atoms with E-state index < -0.39 is 12.4 Å². The van der Waals surface area contributed by atoms with Gasteiger partial charge in [0.05, 0.1) is 0 Å². The Morgan fingerprint density at radius 2 is 2.00 bits per heavy atom. The van der Waals surface area contributed by atoms with Gasteiger partial charge in [-0.1, -0.05) is 55.8 Å². The Bertz CT molecular complexity index is 481. The third kappa shape index (κ3) is 4.44. The molecule has 1 fully saturated rings. The van der Waals surface area contributed by atoms with Gasteiger partial charge in [-0.25, -0.2) is 4.79 Å². The van der Waals surface area contributed by atoms with E-state index in [9.17, 15) is 4.79 Å². The van der Waals surface area contributed by atoms with E-state index in [1.807, 2.05) is 37.3 Å². The lowest BCUT2D eigenvalue weighted by molar-refractivity contribution is -0.148. The second-order valence-electron chi connectivity index (χ2n) is 5.75. The first-order valence-corrected chi connectivity index (χ1v) is 8.28. The molecule has 1 aromatic carbocycles. The van der Waals surface area contributed by atoms with Gasteiger partial charge in [-0.15, -0.1) is 0 Å². The molecule has 0 spiro atoms. The molecule has 2 rings (SSSR count). The van der Waals surface area contributed by atoms with Crippen molar-refractivity contribution in [3.63, 3.8) is 0 Å². The number of allylic oxidation sites excluding steroid dienone is 2. The summed E-state index contributed by atoms with van der Waals surface area (Å²) in [5, 5.41) is 0. The molecular formula is C19H26O3. The molecule has 0 N–H and O–H groups in total. The van der Waals surface area contributed by atoms with Crippen LogP contribution < -0.4 is 0 Å². The molecule has 0 aliphatic carbocycles. The fourth-order valence-electron chi connectivity index (χ4n) is 2.81. The predicted molar refractivity (Wildman–Crippen MR) is 87.2 cm³/mol. The molecule has 3 heteroatoms. The van der Waals surface area contributed by atoms with Gasteiger partial charge in [0, 0.05) is 5.92 Å². The van der Waals surface area contributed by atoms with Gasteiger partial charge in [0.2, 0.25) is 6.29 Å². The van der Waals surface area contributed by atoms with E-state index in [2.05, 4.69) is 19.1 Å². The molecule has 0 aromatic heterocycles. The van der Waals surface area contributed by atoms with Gasteiger partial charge in [0.25, 0.3) is 0 Å². The number of hydrogen-bond donors (Lipinski definition) is 0. The highest BCUT2D eigenvalue weighted by Gasteiger charge is 2.39. The average molecular weight is 302 g/mol. The van der Waals surface area contributed by atoms with Crippen LogP contribution in [0.2, 0.25) is 0 Å². The Morgan fingerprint density at radius 1 is 1.23 bits per heavy atom. The number of rotatable bonds is 8. The fourth-order valence-corrected chi connectivity index (χ4v) is 2.81. The molecule has 1 aliphatic heterocycles. The van der Waals surface area contributed by atoms with Gasteiger partial charge in [-0.2, -0.15) is 0 Å². The minimum Gasteiger partial charge on any atom is -0.433 e. The lowest BCUT2D eigenvalue weighted by Crippen LogP contribution is -2.21.